The molecule has 1 saturated carbocycles. The molecule has 1 aliphatic carbocycles. The Morgan fingerprint density at radius 3 is 2.50 bits per heavy atom. The summed E-state index contributed by atoms with van der Waals surface area (Å²) in [6.07, 6.45) is 4.92. The lowest BCUT2D eigenvalue weighted by Gasteiger charge is -2.53. The van der Waals surface area contributed by atoms with Gasteiger partial charge in [0.15, 0.2) is 5.78 Å². The SMILES string of the molecule is CC[N+](C)(C)CCCOc1ccc(/C=C2\C(=O)C3(C)CCC2C(C)(C)O3)cc1. The molecule has 2 unspecified atom stereocenters. The molecule has 1 aromatic rings. The van der Waals surface area contributed by atoms with E-state index in [0.29, 0.717) is 0 Å². The van der Waals surface area contributed by atoms with Gasteiger partial charge >= 0.3 is 0 Å². The Morgan fingerprint density at radius 1 is 1.21 bits per heavy atom. The van der Waals surface area contributed by atoms with E-state index < -0.39 is 5.60 Å². The molecule has 0 spiro atoms. The van der Waals surface area contributed by atoms with Crippen LogP contribution in [0.2, 0.25) is 0 Å². The molecule has 4 heteroatoms. The lowest BCUT2D eigenvalue weighted by molar-refractivity contribution is -0.888. The molecule has 2 heterocycles. The number of benzene rings is 1. The zero-order chi connectivity index (χ0) is 20.6. The third kappa shape index (κ3) is 4.33. The minimum absolute atomic E-state index is 0.153. The fraction of sp³-hybridized carbons (Fsp3) is 0.625. The highest BCUT2D eigenvalue weighted by atomic mass is 16.5. The molecule has 0 radical (unpaired) electrons. The molecule has 3 fully saturated rings. The predicted octanol–water partition coefficient (Wildman–Crippen LogP) is 4.48. The van der Waals surface area contributed by atoms with Gasteiger partial charge in [-0.25, -0.2) is 0 Å². The van der Waals surface area contributed by atoms with Gasteiger partial charge in [-0.1, -0.05) is 12.1 Å². The second kappa shape index (κ2) is 7.64. The van der Waals surface area contributed by atoms with Crippen molar-refractivity contribution in [3.05, 3.63) is 35.4 Å². The van der Waals surface area contributed by atoms with E-state index >= 15 is 0 Å². The van der Waals surface area contributed by atoms with E-state index in [1.807, 2.05) is 31.2 Å². The molecule has 4 nitrogen and oxygen atoms in total. The second-order valence-corrected chi connectivity index (χ2v) is 9.70. The number of carbonyl (C=O) groups excluding carboxylic acids is 1. The molecular weight excluding hydrogens is 350 g/mol. The van der Waals surface area contributed by atoms with Crippen molar-refractivity contribution in [1.29, 1.82) is 0 Å². The number of fused-ring (bicyclic) bond motifs is 3. The van der Waals surface area contributed by atoms with Crippen molar-refractivity contribution in [2.75, 3.05) is 33.8 Å². The minimum atomic E-state index is -0.669. The Kier molecular flexibility index (Phi) is 5.75. The average Bonchev–Trinajstić information content (AvgIpc) is 2.63. The number of quaternary nitrogens is 1. The standard InChI is InChI=1S/C24H36NO3/c1-7-25(5,6)15-8-16-27-19-11-9-18(10-12-19)17-20-21-13-14-24(4,22(20)26)28-23(21,2)3/h9-12,17,21H,7-8,13-16H2,1-6H3/q+1/b20-17-. The first-order valence-corrected chi connectivity index (χ1v) is 10.6. The molecular formula is C24H36NO3+. The molecule has 2 atom stereocenters. The third-order valence-corrected chi connectivity index (χ3v) is 6.59. The highest BCUT2D eigenvalue weighted by Gasteiger charge is 2.56. The van der Waals surface area contributed by atoms with E-state index in [1.165, 1.54) is 0 Å². The van der Waals surface area contributed by atoms with Gasteiger partial charge in [0.1, 0.15) is 11.4 Å². The molecule has 0 aromatic heterocycles. The van der Waals surface area contributed by atoms with E-state index in [9.17, 15) is 4.79 Å². The Balaban J connectivity index is 1.65. The Morgan fingerprint density at radius 2 is 1.89 bits per heavy atom. The third-order valence-electron chi connectivity index (χ3n) is 6.59. The topological polar surface area (TPSA) is 35.5 Å². The fourth-order valence-electron chi connectivity index (χ4n) is 4.47. The number of hydrogen-bond acceptors (Lipinski definition) is 3. The summed E-state index contributed by atoms with van der Waals surface area (Å²) in [6.45, 7) is 11.3. The molecule has 1 aromatic carbocycles. The van der Waals surface area contributed by atoms with Crippen molar-refractivity contribution < 1.29 is 18.8 Å². The van der Waals surface area contributed by atoms with Crippen LogP contribution in [0.25, 0.3) is 6.08 Å². The first-order chi connectivity index (χ1) is 13.1. The predicted molar refractivity (Wildman–Crippen MR) is 113 cm³/mol. The van der Waals surface area contributed by atoms with Crippen LogP contribution in [0.5, 0.6) is 5.75 Å². The molecule has 3 aliphatic rings. The number of Topliss-reactive ketones (excluding diaryl/α,β-unsaturated/α-hetero) is 1. The lowest BCUT2D eigenvalue weighted by Crippen LogP contribution is -2.60. The van der Waals surface area contributed by atoms with Crippen LogP contribution >= 0.6 is 0 Å². The zero-order valence-electron chi connectivity index (χ0n) is 18.4. The number of ketones is 1. The Labute approximate surface area is 170 Å². The van der Waals surface area contributed by atoms with Gasteiger partial charge in [0.05, 0.1) is 39.4 Å². The van der Waals surface area contributed by atoms with Crippen molar-refractivity contribution in [2.45, 2.75) is 58.2 Å². The Hall–Kier alpha value is -1.65. The van der Waals surface area contributed by atoms with Crippen LogP contribution in [0.1, 0.15) is 52.5 Å². The van der Waals surface area contributed by atoms with Crippen molar-refractivity contribution in [3.8, 4) is 5.75 Å². The van der Waals surface area contributed by atoms with E-state index in [0.717, 1.165) is 60.3 Å². The average molecular weight is 387 g/mol. The van der Waals surface area contributed by atoms with Gasteiger partial charge in [0.25, 0.3) is 0 Å². The van der Waals surface area contributed by atoms with Crippen molar-refractivity contribution in [2.24, 2.45) is 5.92 Å². The van der Waals surface area contributed by atoms with Crippen LogP contribution in [-0.2, 0) is 9.53 Å². The molecule has 28 heavy (non-hydrogen) atoms. The van der Waals surface area contributed by atoms with Gasteiger partial charge in [0, 0.05) is 17.9 Å². The monoisotopic (exact) mass is 386 g/mol. The number of ether oxygens (including phenoxy) is 2. The van der Waals surface area contributed by atoms with Crippen LogP contribution in [0.15, 0.2) is 29.8 Å². The quantitative estimate of drug-likeness (QED) is 0.394. The van der Waals surface area contributed by atoms with E-state index in [4.69, 9.17) is 9.47 Å². The van der Waals surface area contributed by atoms with Crippen LogP contribution < -0.4 is 4.74 Å². The van der Waals surface area contributed by atoms with Gasteiger partial charge in [-0.15, -0.1) is 0 Å². The number of rotatable bonds is 7. The first kappa shape index (κ1) is 21.1. The molecule has 2 aliphatic heterocycles. The molecule has 0 amide bonds. The van der Waals surface area contributed by atoms with Gasteiger partial charge in [-0.3, -0.25) is 4.79 Å². The number of hydrogen-bond donors (Lipinski definition) is 0. The highest BCUT2D eigenvalue weighted by Crippen LogP contribution is 2.50. The van der Waals surface area contributed by atoms with Crippen molar-refractivity contribution in [3.63, 3.8) is 0 Å². The summed E-state index contributed by atoms with van der Waals surface area (Å²) >= 11 is 0. The summed E-state index contributed by atoms with van der Waals surface area (Å²) in [5.74, 6) is 1.20. The van der Waals surface area contributed by atoms with Gasteiger partial charge in [-0.05, 0) is 64.3 Å². The molecule has 4 rings (SSSR count). The van der Waals surface area contributed by atoms with E-state index in [1.54, 1.807) is 0 Å². The summed E-state index contributed by atoms with van der Waals surface area (Å²) in [7, 11) is 4.49. The highest BCUT2D eigenvalue weighted by molar-refractivity contribution is 6.07. The molecule has 2 saturated heterocycles. The number of carbonyl (C=O) groups is 1. The van der Waals surface area contributed by atoms with Gasteiger partial charge in [0.2, 0.25) is 0 Å². The van der Waals surface area contributed by atoms with Gasteiger partial charge < -0.3 is 14.0 Å². The van der Waals surface area contributed by atoms with Crippen LogP contribution in [0, 0.1) is 5.92 Å². The van der Waals surface area contributed by atoms with Crippen LogP contribution in [-0.4, -0.2) is 55.3 Å². The van der Waals surface area contributed by atoms with Crippen LogP contribution in [0.3, 0.4) is 0 Å². The maximum absolute atomic E-state index is 12.9. The molecule has 0 N–H and O–H groups in total. The molecule has 2 bridgehead atoms. The summed E-state index contributed by atoms with van der Waals surface area (Å²) in [4.78, 5) is 12.9. The first-order valence-electron chi connectivity index (χ1n) is 10.6. The number of nitrogens with zero attached hydrogens (tertiary/aromatic N) is 1. The van der Waals surface area contributed by atoms with Crippen molar-refractivity contribution >= 4 is 11.9 Å². The summed E-state index contributed by atoms with van der Waals surface area (Å²) < 4.78 is 13.0. The maximum Gasteiger partial charge on any atom is 0.190 e. The van der Waals surface area contributed by atoms with Crippen molar-refractivity contribution in [1.82, 2.24) is 0 Å². The summed E-state index contributed by atoms with van der Waals surface area (Å²) in [5.41, 5.74) is 1.00. The van der Waals surface area contributed by atoms with E-state index in [2.05, 4.69) is 40.9 Å². The summed E-state index contributed by atoms with van der Waals surface area (Å²) in [6, 6.07) is 8.09. The van der Waals surface area contributed by atoms with Gasteiger partial charge in [-0.2, -0.15) is 0 Å². The molecule has 154 valence electrons. The Bertz CT molecular complexity index is 748. The largest absolute Gasteiger partial charge is 0.493 e. The fourth-order valence-corrected chi connectivity index (χ4v) is 4.47. The van der Waals surface area contributed by atoms with Crippen LogP contribution in [0.4, 0.5) is 0 Å². The smallest absolute Gasteiger partial charge is 0.190 e. The van der Waals surface area contributed by atoms with E-state index in [-0.39, 0.29) is 17.3 Å². The second-order valence-electron chi connectivity index (χ2n) is 9.70. The zero-order valence-corrected chi connectivity index (χ0v) is 18.4. The minimum Gasteiger partial charge on any atom is -0.493 e. The summed E-state index contributed by atoms with van der Waals surface area (Å²) in [5, 5.41) is 0. The lowest BCUT2D eigenvalue weighted by atomic mass is 9.65. The normalized spacial score (nSPS) is 28.0. The maximum atomic E-state index is 12.9.